The van der Waals surface area contributed by atoms with Crippen LogP contribution in [0.2, 0.25) is 0 Å². The van der Waals surface area contributed by atoms with Crippen LogP contribution in [0.3, 0.4) is 0 Å². The molecule has 71 valence electrons. The van der Waals surface area contributed by atoms with Crippen LogP contribution in [0.4, 0.5) is 12.8 Å². The minimum absolute atomic E-state index is 0. The Balaban J connectivity index is 0. The van der Waals surface area contributed by atoms with E-state index in [0.29, 0.717) is 0 Å². The van der Waals surface area contributed by atoms with Crippen molar-refractivity contribution >= 4 is 16.2 Å². The minimum Gasteiger partial charge on any atom is -0.250 e. The zero-order chi connectivity index (χ0) is 8.36. The minimum atomic E-state index is -5.70. The average Bonchev–Trinajstić information content (AvgIpc) is 1.83. The molecule has 0 bridgehead atoms. The Kier molecular flexibility index (Phi) is 5.54. The molecule has 1 radical (unpaired) electrons. The van der Waals surface area contributed by atoms with Crippen LogP contribution in [0.5, 0.6) is 0 Å². The molecular weight excluding hydrogens is 241 g/mol. The summed E-state index contributed by atoms with van der Waals surface area (Å²) >= 11 is 0. The Morgan fingerprint density at radius 2 is 1.82 bits per heavy atom. The molecule has 0 aliphatic rings. The molecule has 0 spiro atoms. The molecule has 0 N–H and O–H groups in total. The third-order valence-electron chi connectivity index (χ3n) is 0.509. The molecular formula is C2HCuF3O4S. The van der Waals surface area contributed by atoms with Crippen LogP contribution in [0.25, 0.3) is 0 Å². The van der Waals surface area contributed by atoms with E-state index in [-0.39, 0.29) is 17.1 Å². The molecule has 1 atom stereocenters. The molecule has 0 heterocycles. The standard InChI is InChI=1S/C2HF3O4S.Cu/c3-1(2(6)9-4)10(5,7)8;/h1H;. The Labute approximate surface area is 70.3 Å². The first-order valence-electron chi connectivity index (χ1n) is 1.79. The molecule has 4 nitrogen and oxygen atoms in total. The van der Waals surface area contributed by atoms with Crippen LogP contribution in [-0.4, -0.2) is 19.9 Å². The van der Waals surface area contributed by atoms with Gasteiger partial charge in [-0.3, -0.25) is 4.94 Å². The molecule has 9 heteroatoms. The van der Waals surface area contributed by atoms with Gasteiger partial charge in [0.2, 0.25) is 0 Å². The largest absolute Gasteiger partial charge is 0.401 e. The van der Waals surface area contributed by atoms with E-state index in [1.165, 1.54) is 0 Å². The van der Waals surface area contributed by atoms with Crippen molar-refractivity contribution < 1.29 is 48.0 Å². The second kappa shape index (κ2) is 4.58. The number of hydrogen-bond donors (Lipinski definition) is 0. The second-order valence-corrected chi connectivity index (χ2v) is 2.55. The molecule has 0 fully saturated rings. The van der Waals surface area contributed by atoms with Gasteiger partial charge in [0.05, 0.1) is 0 Å². The quantitative estimate of drug-likeness (QED) is 0.505. The number of carbonyl (C=O) groups excluding carboxylic acids is 1. The summed E-state index contributed by atoms with van der Waals surface area (Å²) in [7, 11) is -5.70. The molecule has 0 aromatic carbocycles. The van der Waals surface area contributed by atoms with Crippen molar-refractivity contribution in [2.24, 2.45) is 0 Å². The van der Waals surface area contributed by atoms with Crippen molar-refractivity contribution in [1.29, 1.82) is 0 Å². The molecule has 0 aromatic rings. The van der Waals surface area contributed by atoms with Crippen molar-refractivity contribution in [3.8, 4) is 0 Å². The summed E-state index contributed by atoms with van der Waals surface area (Å²) in [5, 5.41) is 0. The van der Waals surface area contributed by atoms with Crippen molar-refractivity contribution in [3.63, 3.8) is 0 Å². The topological polar surface area (TPSA) is 60.4 Å². The maximum absolute atomic E-state index is 11.6. The van der Waals surface area contributed by atoms with Crippen molar-refractivity contribution in [2.75, 3.05) is 0 Å². The summed E-state index contributed by atoms with van der Waals surface area (Å²) in [6.07, 6.45) is 0. The summed E-state index contributed by atoms with van der Waals surface area (Å²) in [5.74, 6) is -2.43. The fraction of sp³-hybridized carbons (Fsp3) is 0.500. The summed E-state index contributed by atoms with van der Waals surface area (Å²) in [5.41, 5.74) is -3.60. The Bertz CT molecular complexity index is 225. The van der Waals surface area contributed by atoms with Gasteiger partial charge < -0.3 is 0 Å². The predicted molar refractivity (Wildman–Crippen MR) is 22.1 cm³/mol. The van der Waals surface area contributed by atoms with Gasteiger partial charge >= 0.3 is 21.7 Å². The maximum Gasteiger partial charge on any atom is 0.401 e. The Hall–Kier alpha value is -0.271. The Morgan fingerprint density at radius 1 is 1.45 bits per heavy atom. The third kappa shape index (κ3) is 4.23. The van der Waals surface area contributed by atoms with Crippen LogP contribution >= 0.6 is 0 Å². The van der Waals surface area contributed by atoms with Gasteiger partial charge in [-0.05, 0) is 0 Å². The van der Waals surface area contributed by atoms with E-state index in [0.717, 1.165) is 0 Å². The SMILES string of the molecule is O=C(OF)C(F)S(=O)(=O)F.[Cu]. The molecule has 0 saturated carbocycles. The van der Waals surface area contributed by atoms with E-state index in [2.05, 4.69) is 4.94 Å². The molecule has 0 saturated heterocycles. The van der Waals surface area contributed by atoms with E-state index in [1.54, 1.807) is 0 Å². The van der Waals surface area contributed by atoms with Crippen molar-refractivity contribution in [2.45, 2.75) is 5.50 Å². The predicted octanol–water partition coefficient (Wildman–Crippen LogP) is 0.00650. The summed E-state index contributed by atoms with van der Waals surface area (Å²) in [4.78, 5) is 11.7. The van der Waals surface area contributed by atoms with Gasteiger partial charge in [-0.1, -0.05) is 0 Å². The van der Waals surface area contributed by atoms with Crippen LogP contribution in [-0.2, 0) is 37.0 Å². The molecule has 0 amide bonds. The fourth-order valence-corrected chi connectivity index (χ4v) is 0.416. The summed E-state index contributed by atoms with van der Waals surface area (Å²) in [6.45, 7) is 0. The maximum atomic E-state index is 11.6. The average molecular weight is 242 g/mol. The van der Waals surface area contributed by atoms with Gasteiger partial charge in [-0.25, -0.2) is 9.18 Å². The van der Waals surface area contributed by atoms with Gasteiger partial charge in [-0.2, -0.15) is 8.42 Å². The molecule has 0 rings (SSSR count). The van der Waals surface area contributed by atoms with E-state index < -0.39 is 21.7 Å². The smallest absolute Gasteiger partial charge is 0.250 e. The number of hydrogen-bond acceptors (Lipinski definition) is 4. The van der Waals surface area contributed by atoms with E-state index in [4.69, 9.17) is 0 Å². The first-order chi connectivity index (χ1) is 4.39. The third-order valence-corrected chi connectivity index (χ3v) is 1.20. The second-order valence-electron chi connectivity index (χ2n) is 1.19. The van der Waals surface area contributed by atoms with Crippen molar-refractivity contribution in [1.82, 2.24) is 0 Å². The molecule has 11 heavy (non-hydrogen) atoms. The van der Waals surface area contributed by atoms with E-state index >= 15 is 0 Å². The Morgan fingerprint density at radius 3 is 1.91 bits per heavy atom. The number of carbonyl (C=O) groups is 1. The first-order valence-corrected chi connectivity index (χ1v) is 3.24. The number of halogens is 3. The van der Waals surface area contributed by atoms with Gasteiger partial charge in [-0.15, -0.1) is 3.89 Å². The van der Waals surface area contributed by atoms with Gasteiger partial charge in [0, 0.05) is 21.6 Å². The number of alkyl halides is 1. The fourth-order valence-electron chi connectivity index (χ4n) is 0.150. The number of rotatable bonds is 2. The summed E-state index contributed by atoms with van der Waals surface area (Å²) in [6, 6.07) is 0. The van der Waals surface area contributed by atoms with Gasteiger partial charge in [0.1, 0.15) is 0 Å². The first kappa shape index (κ1) is 13.3. The van der Waals surface area contributed by atoms with Crippen LogP contribution < -0.4 is 0 Å². The van der Waals surface area contributed by atoms with Crippen molar-refractivity contribution in [3.05, 3.63) is 0 Å². The molecule has 0 aliphatic heterocycles. The molecule has 0 aromatic heterocycles. The van der Waals surface area contributed by atoms with Gasteiger partial charge in [0.15, 0.2) is 0 Å². The van der Waals surface area contributed by atoms with Crippen LogP contribution in [0.15, 0.2) is 0 Å². The van der Waals surface area contributed by atoms with E-state index in [9.17, 15) is 26.0 Å². The van der Waals surface area contributed by atoms with Crippen LogP contribution in [0, 0.1) is 0 Å². The van der Waals surface area contributed by atoms with Crippen LogP contribution in [0.1, 0.15) is 0 Å². The summed E-state index contributed by atoms with van der Waals surface area (Å²) < 4.78 is 52.5. The monoisotopic (exact) mass is 241 g/mol. The molecule has 0 aliphatic carbocycles. The van der Waals surface area contributed by atoms with Gasteiger partial charge in [0.25, 0.3) is 0 Å². The zero-order valence-corrected chi connectivity index (χ0v) is 6.31. The van der Waals surface area contributed by atoms with E-state index in [1.807, 2.05) is 0 Å². The zero-order valence-electron chi connectivity index (χ0n) is 4.55. The molecule has 1 unspecified atom stereocenters. The normalized spacial score (nSPS) is 13.0.